The number of esters is 1. The summed E-state index contributed by atoms with van der Waals surface area (Å²) in [5.74, 6) is -2.26. The molecule has 14 heavy (non-hydrogen) atoms. The van der Waals surface area contributed by atoms with Gasteiger partial charge in [0, 0.05) is 6.07 Å². The van der Waals surface area contributed by atoms with Crippen molar-refractivity contribution < 1.29 is 19.0 Å². The Morgan fingerprint density at radius 3 is 2.79 bits per heavy atom. The second-order valence-corrected chi connectivity index (χ2v) is 2.45. The molecule has 1 rings (SSSR count). The lowest BCUT2D eigenvalue weighted by atomic mass is 10.1. The lowest BCUT2D eigenvalue weighted by Crippen LogP contribution is -2.05. The van der Waals surface area contributed by atoms with Crippen LogP contribution in [0.2, 0.25) is 0 Å². The first kappa shape index (κ1) is 9.99. The number of phenols is 1. The lowest BCUT2D eigenvalue weighted by Gasteiger charge is -2.04. The molecule has 0 fully saturated rings. The van der Waals surface area contributed by atoms with E-state index in [2.05, 4.69) is 4.74 Å². The highest BCUT2D eigenvalue weighted by Gasteiger charge is 2.18. The fraction of sp³-hybridized carbons (Fsp3) is 0.111. The minimum absolute atomic E-state index is 0.255. The van der Waals surface area contributed by atoms with Crippen LogP contribution in [0.25, 0.3) is 0 Å². The highest BCUT2D eigenvalue weighted by molar-refractivity contribution is 5.95. The zero-order chi connectivity index (χ0) is 10.7. The van der Waals surface area contributed by atoms with E-state index in [-0.39, 0.29) is 11.1 Å². The Labute approximate surface area is 79.2 Å². The van der Waals surface area contributed by atoms with Gasteiger partial charge in [-0.3, -0.25) is 0 Å². The Bertz CT molecular complexity index is 423. The van der Waals surface area contributed by atoms with Gasteiger partial charge in [-0.2, -0.15) is 5.26 Å². The molecule has 0 saturated heterocycles. The second-order valence-electron chi connectivity index (χ2n) is 2.45. The van der Waals surface area contributed by atoms with Crippen molar-refractivity contribution >= 4 is 5.97 Å². The number of nitriles is 1. The van der Waals surface area contributed by atoms with Gasteiger partial charge in [0.15, 0.2) is 0 Å². The molecule has 0 spiro atoms. The molecule has 5 heteroatoms. The van der Waals surface area contributed by atoms with E-state index >= 15 is 0 Å². The van der Waals surface area contributed by atoms with Crippen LogP contribution >= 0.6 is 0 Å². The summed E-state index contributed by atoms with van der Waals surface area (Å²) in [5.41, 5.74) is -0.578. The van der Waals surface area contributed by atoms with Gasteiger partial charge < -0.3 is 9.84 Å². The molecule has 0 heterocycles. The summed E-state index contributed by atoms with van der Waals surface area (Å²) in [7, 11) is 1.10. The van der Waals surface area contributed by atoms with Crippen molar-refractivity contribution in [3.8, 4) is 11.8 Å². The van der Waals surface area contributed by atoms with Crippen molar-refractivity contribution in [2.45, 2.75) is 0 Å². The largest absolute Gasteiger partial charge is 0.507 e. The van der Waals surface area contributed by atoms with Crippen molar-refractivity contribution in [2.24, 2.45) is 0 Å². The zero-order valence-electron chi connectivity index (χ0n) is 7.24. The topological polar surface area (TPSA) is 70.3 Å². The molecule has 0 amide bonds. The van der Waals surface area contributed by atoms with Gasteiger partial charge in [0.2, 0.25) is 0 Å². The third-order valence-electron chi connectivity index (χ3n) is 1.59. The third kappa shape index (κ3) is 1.64. The first-order valence-electron chi connectivity index (χ1n) is 3.61. The Morgan fingerprint density at radius 2 is 2.29 bits per heavy atom. The minimum Gasteiger partial charge on any atom is -0.507 e. The molecule has 1 N–H and O–H groups in total. The molecule has 1 aromatic rings. The molecule has 0 aliphatic rings. The van der Waals surface area contributed by atoms with Gasteiger partial charge in [-0.15, -0.1) is 0 Å². The van der Waals surface area contributed by atoms with Crippen LogP contribution in [-0.2, 0) is 4.74 Å². The van der Waals surface area contributed by atoms with Crippen LogP contribution in [0.5, 0.6) is 5.75 Å². The average Bonchev–Trinajstić information content (AvgIpc) is 2.15. The molecule has 4 nitrogen and oxygen atoms in total. The normalized spacial score (nSPS) is 9.21. The van der Waals surface area contributed by atoms with Gasteiger partial charge in [0.05, 0.1) is 12.7 Å². The SMILES string of the molecule is COC(=O)c1c(O)cc(F)cc1C#N. The maximum atomic E-state index is 12.7. The molecule has 0 unspecified atom stereocenters. The molecule has 0 aliphatic heterocycles. The summed E-state index contributed by atoms with van der Waals surface area (Å²) in [4.78, 5) is 11.1. The molecule has 0 aliphatic carbocycles. The minimum atomic E-state index is -0.876. The van der Waals surface area contributed by atoms with Crippen LogP contribution in [0.1, 0.15) is 15.9 Å². The molecule has 1 aromatic carbocycles. The molecular weight excluding hydrogens is 189 g/mol. The molecule has 0 saturated carbocycles. The molecule has 72 valence electrons. The van der Waals surface area contributed by atoms with E-state index in [0.717, 1.165) is 19.2 Å². The maximum Gasteiger partial charge on any atom is 0.343 e. The van der Waals surface area contributed by atoms with Crippen molar-refractivity contribution in [3.05, 3.63) is 29.1 Å². The second kappa shape index (κ2) is 3.75. The third-order valence-corrected chi connectivity index (χ3v) is 1.59. The van der Waals surface area contributed by atoms with E-state index in [1.807, 2.05) is 0 Å². The predicted molar refractivity (Wildman–Crippen MR) is 44.1 cm³/mol. The standard InChI is InChI=1S/C9H6FNO3/c1-14-9(13)8-5(4-11)2-6(10)3-7(8)12/h2-3,12H,1H3. The predicted octanol–water partition coefficient (Wildman–Crippen LogP) is 1.19. The number of hydrogen-bond donors (Lipinski definition) is 1. The van der Waals surface area contributed by atoms with Crippen LogP contribution in [0.4, 0.5) is 4.39 Å². The molecule has 0 atom stereocenters. The molecule has 0 radical (unpaired) electrons. The summed E-state index contributed by atoms with van der Waals surface area (Å²) in [6, 6.07) is 3.19. The monoisotopic (exact) mass is 195 g/mol. The average molecular weight is 195 g/mol. The number of phenolic OH excluding ortho intramolecular Hbond substituents is 1. The number of benzene rings is 1. The van der Waals surface area contributed by atoms with Crippen molar-refractivity contribution in [3.63, 3.8) is 0 Å². The Balaban J connectivity index is 3.42. The molecule has 0 aromatic heterocycles. The fourth-order valence-electron chi connectivity index (χ4n) is 0.997. The van der Waals surface area contributed by atoms with E-state index in [4.69, 9.17) is 5.26 Å². The Morgan fingerprint density at radius 1 is 1.64 bits per heavy atom. The number of nitrogens with zero attached hydrogens (tertiary/aromatic N) is 1. The number of methoxy groups -OCH3 is 1. The number of carbonyl (C=O) groups is 1. The highest BCUT2D eigenvalue weighted by Crippen LogP contribution is 2.23. The number of ether oxygens (including phenoxy) is 1. The Kier molecular flexibility index (Phi) is 2.67. The van der Waals surface area contributed by atoms with Crippen LogP contribution in [0.15, 0.2) is 12.1 Å². The fourth-order valence-corrected chi connectivity index (χ4v) is 0.997. The van der Waals surface area contributed by atoms with E-state index in [0.29, 0.717) is 0 Å². The highest BCUT2D eigenvalue weighted by atomic mass is 19.1. The smallest absolute Gasteiger partial charge is 0.343 e. The van der Waals surface area contributed by atoms with E-state index < -0.39 is 17.5 Å². The quantitative estimate of drug-likeness (QED) is 0.683. The maximum absolute atomic E-state index is 12.7. The number of hydrogen-bond acceptors (Lipinski definition) is 4. The van der Waals surface area contributed by atoms with Crippen molar-refractivity contribution in [2.75, 3.05) is 7.11 Å². The van der Waals surface area contributed by atoms with Gasteiger partial charge in [-0.1, -0.05) is 0 Å². The summed E-state index contributed by atoms with van der Waals surface area (Å²) >= 11 is 0. The number of aromatic hydroxyl groups is 1. The van der Waals surface area contributed by atoms with Crippen molar-refractivity contribution in [1.29, 1.82) is 5.26 Å². The van der Waals surface area contributed by atoms with Gasteiger partial charge in [0.1, 0.15) is 23.2 Å². The van der Waals surface area contributed by atoms with Gasteiger partial charge in [0.25, 0.3) is 0 Å². The summed E-state index contributed by atoms with van der Waals surface area (Å²) in [6.07, 6.45) is 0. The number of carbonyl (C=O) groups excluding carboxylic acids is 1. The summed E-state index contributed by atoms with van der Waals surface area (Å²) < 4.78 is 17.0. The number of rotatable bonds is 1. The van der Waals surface area contributed by atoms with Crippen molar-refractivity contribution in [1.82, 2.24) is 0 Å². The van der Waals surface area contributed by atoms with Crippen LogP contribution in [-0.4, -0.2) is 18.2 Å². The van der Waals surface area contributed by atoms with Gasteiger partial charge in [-0.05, 0) is 6.07 Å². The van der Waals surface area contributed by atoms with E-state index in [1.54, 1.807) is 6.07 Å². The van der Waals surface area contributed by atoms with Crippen LogP contribution < -0.4 is 0 Å². The molecular formula is C9H6FNO3. The summed E-state index contributed by atoms with van der Waals surface area (Å²) in [6.45, 7) is 0. The van der Waals surface area contributed by atoms with Crippen LogP contribution in [0.3, 0.4) is 0 Å². The molecule has 0 bridgehead atoms. The van der Waals surface area contributed by atoms with Gasteiger partial charge >= 0.3 is 5.97 Å². The zero-order valence-corrected chi connectivity index (χ0v) is 7.24. The Hall–Kier alpha value is -2.09. The van der Waals surface area contributed by atoms with E-state index in [9.17, 15) is 14.3 Å². The lowest BCUT2D eigenvalue weighted by molar-refractivity contribution is 0.0597. The first-order valence-corrected chi connectivity index (χ1v) is 3.61. The summed E-state index contributed by atoms with van der Waals surface area (Å²) in [5, 5.41) is 17.8. The van der Waals surface area contributed by atoms with E-state index in [1.165, 1.54) is 0 Å². The first-order chi connectivity index (χ1) is 6.60. The van der Waals surface area contributed by atoms with Gasteiger partial charge in [-0.25, -0.2) is 9.18 Å². The van der Waals surface area contributed by atoms with Crippen LogP contribution in [0, 0.1) is 17.1 Å². The number of halogens is 1.